The standard InChI is InChI=1S/C16H26N2O3/c1-4-13(5-2)18(9-10-19)15-8-7-12(17)11-14(15)16(20)21-6-3/h7-8,11,13,19H,4-6,9-10,17H2,1-3H3. The molecule has 0 bridgehead atoms. The van der Waals surface area contributed by atoms with Crippen molar-refractivity contribution < 1.29 is 14.6 Å². The summed E-state index contributed by atoms with van der Waals surface area (Å²) in [6.07, 6.45) is 1.87. The van der Waals surface area contributed by atoms with Crippen LogP contribution in [0.2, 0.25) is 0 Å². The summed E-state index contributed by atoms with van der Waals surface area (Å²) >= 11 is 0. The molecular formula is C16H26N2O3. The molecule has 0 saturated carbocycles. The maximum absolute atomic E-state index is 12.2. The Balaban J connectivity index is 3.26. The second-order valence-electron chi connectivity index (χ2n) is 4.88. The number of nitrogen functional groups attached to an aromatic ring is 1. The molecule has 0 fully saturated rings. The average Bonchev–Trinajstić information content (AvgIpc) is 2.48. The van der Waals surface area contributed by atoms with Crippen molar-refractivity contribution in [2.75, 3.05) is 30.4 Å². The summed E-state index contributed by atoms with van der Waals surface area (Å²) in [5.74, 6) is -0.381. The van der Waals surface area contributed by atoms with Crippen molar-refractivity contribution in [3.05, 3.63) is 23.8 Å². The minimum absolute atomic E-state index is 0.0309. The van der Waals surface area contributed by atoms with E-state index in [1.807, 2.05) is 6.07 Å². The van der Waals surface area contributed by atoms with E-state index in [4.69, 9.17) is 10.5 Å². The van der Waals surface area contributed by atoms with E-state index in [-0.39, 0.29) is 18.6 Å². The van der Waals surface area contributed by atoms with E-state index in [2.05, 4.69) is 18.7 Å². The molecule has 0 aliphatic rings. The van der Waals surface area contributed by atoms with Crippen molar-refractivity contribution in [1.29, 1.82) is 0 Å². The fourth-order valence-electron chi connectivity index (χ4n) is 2.51. The highest BCUT2D eigenvalue weighted by Gasteiger charge is 2.22. The lowest BCUT2D eigenvalue weighted by atomic mass is 10.1. The van der Waals surface area contributed by atoms with Crippen LogP contribution in [0.3, 0.4) is 0 Å². The summed E-state index contributed by atoms with van der Waals surface area (Å²) in [7, 11) is 0. The normalized spacial score (nSPS) is 10.7. The van der Waals surface area contributed by atoms with Crippen LogP contribution in [0.4, 0.5) is 11.4 Å². The van der Waals surface area contributed by atoms with E-state index < -0.39 is 0 Å². The second kappa shape index (κ2) is 8.52. The molecule has 0 spiro atoms. The molecule has 0 aromatic heterocycles. The van der Waals surface area contributed by atoms with Gasteiger partial charge in [0.25, 0.3) is 0 Å². The fraction of sp³-hybridized carbons (Fsp3) is 0.562. The van der Waals surface area contributed by atoms with Crippen LogP contribution < -0.4 is 10.6 Å². The van der Waals surface area contributed by atoms with Crippen LogP contribution >= 0.6 is 0 Å². The number of carbonyl (C=O) groups excluding carboxylic acids is 1. The SMILES string of the molecule is CCOC(=O)c1cc(N)ccc1N(CCO)C(CC)CC. The van der Waals surface area contributed by atoms with E-state index in [0.29, 0.717) is 24.4 Å². The van der Waals surface area contributed by atoms with Crippen LogP contribution in [0.15, 0.2) is 18.2 Å². The molecule has 5 nitrogen and oxygen atoms in total. The Labute approximate surface area is 126 Å². The highest BCUT2D eigenvalue weighted by Crippen LogP contribution is 2.27. The minimum atomic E-state index is -0.381. The maximum Gasteiger partial charge on any atom is 0.340 e. The molecule has 0 radical (unpaired) electrons. The number of ether oxygens (including phenoxy) is 1. The third-order valence-electron chi connectivity index (χ3n) is 3.55. The molecule has 1 aromatic rings. The molecule has 0 amide bonds. The Morgan fingerprint density at radius 1 is 1.33 bits per heavy atom. The van der Waals surface area contributed by atoms with Gasteiger partial charge in [0, 0.05) is 18.3 Å². The first kappa shape index (κ1) is 17.3. The summed E-state index contributed by atoms with van der Waals surface area (Å²) in [5, 5.41) is 9.34. The molecular weight excluding hydrogens is 268 g/mol. The van der Waals surface area contributed by atoms with Gasteiger partial charge in [-0.3, -0.25) is 0 Å². The topological polar surface area (TPSA) is 75.8 Å². The lowest BCUT2D eigenvalue weighted by molar-refractivity contribution is 0.0527. The van der Waals surface area contributed by atoms with Gasteiger partial charge in [-0.15, -0.1) is 0 Å². The van der Waals surface area contributed by atoms with Crippen molar-refractivity contribution in [1.82, 2.24) is 0 Å². The molecule has 118 valence electrons. The fourth-order valence-corrected chi connectivity index (χ4v) is 2.51. The first-order chi connectivity index (χ1) is 10.1. The number of benzene rings is 1. The number of hydrogen-bond donors (Lipinski definition) is 2. The average molecular weight is 294 g/mol. The number of nitrogens with zero attached hydrogens (tertiary/aromatic N) is 1. The van der Waals surface area contributed by atoms with Crippen molar-refractivity contribution in [3.8, 4) is 0 Å². The number of nitrogens with two attached hydrogens (primary N) is 1. The number of carbonyl (C=O) groups is 1. The van der Waals surface area contributed by atoms with Gasteiger partial charge >= 0.3 is 5.97 Å². The molecule has 0 aliphatic heterocycles. The number of anilines is 2. The number of hydrogen-bond acceptors (Lipinski definition) is 5. The number of aliphatic hydroxyl groups excluding tert-OH is 1. The first-order valence-electron chi connectivity index (χ1n) is 7.53. The quantitative estimate of drug-likeness (QED) is 0.569. The molecule has 0 unspecified atom stereocenters. The van der Waals surface area contributed by atoms with Gasteiger partial charge in [0.1, 0.15) is 0 Å². The molecule has 21 heavy (non-hydrogen) atoms. The molecule has 0 aliphatic carbocycles. The predicted octanol–water partition coefficient (Wildman–Crippen LogP) is 2.43. The van der Waals surface area contributed by atoms with Crippen LogP contribution in [-0.2, 0) is 4.74 Å². The predicted molar refractivity (Wildman–Crippen MR) is 85.6 cm³/mol. The van der Waals surface area contributed by atoms with Crippen molar-refractivity contribution in [2.45, 2.75) is 39.7 Å². The summed E-state index contributed by atoms with van der Waals surface area (Å²) in [4.78, 5) is 14.2. The van der Waals surface area contributed by atoms with Crippen LogP contribution in [0.1, 0.15) is 44.0 Å². The van der Waals surface area contributed by atoms with Gasteiger partial charge in [-0.2, -0.15) is 0 Å². The number of rotatable bonds is 8. The van der Waals surface area contributed by atoms with Gasteiger partial charge in [-0.1, -0.05) is 13.8 Å². The second-order valence-corrected chi connectivity index (χ2v) is 4.88. The maximum atomic E-state index is 12.2. The van der Waals surface area contributed by atoms with Crippen molar-refractivity contribution in [3.63, 3.8) is 0 Å². The molecule has 1 rings (SSSR count). The van der Waals surface area contributed by atoms with Gasteiger partial charge < -0.3 is 20.5 Å². The van der Waals surface area contributed by atoms with Crippen LogP contribution in [-0.4, -0.2) is 36.9 Å². The number of aliphatic hydroxyl groups is 1. The van der Waals surface area contributed by atoms with E-state index in [9.17, 15) is 9.90 Å². The Morgan fingerprint density at radius 3 is 2.52 bits per heavy atom. The van der Waals surface area contributed by atoms with E-state index in [1.54, 1.807) is 19.1 Å². The first-order valence-corrected chi connectivity index (χ1v) is 7.53. The zero-order valence-corrected chi connectivity index (χ0v) is 13.1. The van der Waals surface area contributed by atoms with Gasteiger partial charge in [0.15, 0.2) is 0 Å². The summed E-state index contributed by atoms with van der Waals surface area (Å²) < 4.78 is 5.12. The van der Waals surface area contributed by atoms with Crippen molar-refractivity contribution >= 4 is 17.3 Å². The van der Waals surface area contributed by atoms with Gasteiger partial charge in [-0.25, -0.2) is 4.79 Å². The van der Waals surface area contributed by atoms with E-state index in [1.165, 1.54) is 0 Å². The molecule has 1 aromatic carbocycles. The van der Waals surface area contributed by atoms with Gasteiger partial charge in [0.05, 0.1) is 24.5 Å². The lowest BCUT2D eigenvalue weighted by Crippen LogP contribution is -2.38. The highest BCUT2D eigenvalue weighted by molar-refractivity contribution is 5.97. The summed E-state index contributed by atoms with van der Waals surface area (Å²) in [6, 6.07) is 5.49. The number of esters is 1. The van der Waals surface area contributed by atoms with E-state index in [0.717, 1.165) is 18.5 Å². The molecule has 0 heterocycles. The van der Waals surface area contributed by atoms with Gasteiger partial charge in [0.2, 0.25) is 0 Å². The zero-order valence-electron chi connectivity index (χ0n) is 13.1. The van der Waals surface area contributed by atoms with Crippen LogP contribution in [0.5, 0.6) is 0 Å². The largest absolute Gasteiger partial charge is 0.462 e. The van der Waals surface area contributed by atoms with E-state index >= 15 is 0 Å². The Kier molecular flexibility index (Phi) is 7.02. The van der Waals surface area contributed by atoms with Crippen LogP contribution in [0.25, 0.3) is 0 Å². The van der Waals surface area contributed by atoms with Crippen LogP contribution in [0, 0.1) is 0 Å². The van der Waals surface area contributed by atoms with Crippen molar-refractivity contribution in [2.24, 2.45) is 0 Å². The smallest absolute Gasteiger partial charge is 0.340 e. The Morgan fingerprint density at radius 2 is 2.00 bits per heavy atom. The zero-order chi connectivity index (χ0) is 15.8. The lowest BCUT2D eigenvalue weighted by Gasteiger charge is -2.33. The monoisotopic (exact) mass is 294 g/mol. The minimum Gasteiger partial charge on any atom is -0.462 e. The van der Waals surface area contributed by atoms with Gasteiger partial charge in [-0.05, 0) is 38.0 Å². The Hall–Kier alpha value is -1.75. The third-order valence-corrected chi connectivity index (χ3v) is 3.55. The third kappa shape index (κ3) is 4.36. The molecule has 0 saturated heterocycles. The highest BCUT2D eigenvalue weighted by atomic mass is 16.5. The molecule has 5 heteroatoms. The Bertz CT molecular complexity index is 459. The molecule has 3 N–H and O–H groups in total. The summed E-state index contributed by atoms with van der Waals surface area (Å²) in [6.45, 7) is 6.79. The molecule has 0 atom stereocenters. The summed E-state index contributed by atoms with van der Waals surface area (Å²) in [5.41, 5.74) is 7.55.